The molecule has 0 fully saturated rings. The molecular formula is C66H118O6. The predicted molar refractivity (Wildman–Crippen MR) is 312 cm³/mol. The van der Waals surface area contributed by atoms with Gasteiger partial charge in [-0.3, -0.25) is 14.4 Å². The lowest BCUT2D eigenvalue weighted by Crippen LogP contribution is -2.30. The zero-order chi connectivity index (χ0) is 52.2. The number of unbranched alkanes of at least 4 members (excludes halogenated alkanes) is 36. The van der Waals surface area contributed by atoms with Crippen molar-refractivity contribution in [2.45, 2.75) is 329 Å². The number of hydrogen-bond acceptors (Lipinski definition) is 6. The summed E-state index contributed by atoms with van der Waals surface area (Å²) in [5.74, 6) is -0.858. The van der Waals surface area contributed by atoms with Crippen molar-refractivity contribution < 1.29 is 28.6 Å². The van der Waals surface area contributed by atoms with E-state index in [9.17, 15) is 14.4 Å². The minimum absolute atomic E-state index is 0.0708. The molecule has 0 amide bonds. The molecule has 0 N–H and O–H groups in total. The summed E-state index contributed by atoms with van der Waals surface area (Å²) in [6, 6.07) is 0. The van der Waals surface area contributed by atoms with Crippen molar-refractivity contribution in [1.82, 2.24) is 0 Å². The fraction of sp³-hybridized carbons (Fsp3) is 0.803. The van der Waals surface area contributed by atoms with Crippen molar-refractivity contribution in [2.24, 2.45) is 0 Å². The first-order valence-electron chi connectivity index (χ1n) is 31.3. The summed E-state index contributed by atoms with van der Waals surface area (Å²) < 4.78 is 16.9. The summed E-state index contributed by atoms with van der Waals surface area (Å²) in [4.78, 5) is 38.2. The van der Waals surface area contributed by atoms with Gasteiger partial charge >= 0.3 is 17.9 Å². The lowest BCUT2D eigenvalue weighted by molar-refractivity contribution is -0.167. The second-order valence-electron chi connectivity index (χ2n) is 21.0. The molecule has 0 aliphatic rings. The summed E-state index contributed by atoms with van der Waals surface area (Å²) in [6.45, 7) is 6.57. The van der Waals surface area contributed by atoms with E-state index in [0.29, 0.717) is 19.3 Å². The maximum Gasteiger partial charge on any atom is 0.306 e. The first kappa shape index (κ1) is 69.1. The van der Waals surface area contributed by atoms with Gasteiger partial charge in [-0.1, -0.05) is 300 Å². The van der Waals surface area contributed by atoms with Crippen LogP contribution in [-0.4, -0.2) is 37.2 Å². The van der Waals surface area contributed by atoms with Crippen molar-refractivity contribution in [3.63, 3.8) is 0 Å². The summed E-state index contributed by atoms with van der Waals surface area (Å²) in [5, 5.41) is 0. The van der Waals surface area contributed by atoms with Gasteiger partial charge in [0.1, 0.15) is 13.2 Å². The third-order valence-electron chi connectivity index (χ3n) is 13.8. The second-order valence-corrected chi connectivity index (χ2v) is 21.0. The highest BCUT2D eigenvalue weighted by Gasteiger charge is 2.19. The molecule has 0 aromatic rings. The van der Waals surface area contributed by atoms with Crippen LogP contribution in [0.5, 0.6) is 0 Å². The fourth-order valence-corrected chi connectivity index (χ4v) is 9.12. The SMILES string of the molecule is CC/C=C\C/C=C\C/C=C\C/C=C\C/C=C\CCCCCCCCCCCC(=O)OCC(COC(=O)CCCCCCCCCCCCCCC)OC(=O)CCCCCCCCCCCCCCCCCC. The van der Waals surface area contributed by atoms with Crippen LogP contribution in [-0.2, 0) is 28.6 Å². The number of rotatable bonds is 57. The van der Waals surface area contributed by atoms with Gasteiger partial charge in [-0.25, -0.2) is 0 Å². The molecule has 72 heavy (non-hydrogen) atoms. The molecule has 0 aromatic heterocycles. The van der Waals surface area contributed by atoms with E-state index < -0.39 is 6.10 Å². The standard InChI is InChI=1S/C66H118O6/c1-4-7-10-13-16-19-22-25-27-29-30-31-32-33-34-35-36-37-39-41-44-47-50-53-56-59-65(68)71-62-63(61-70-64(67)58-55-52-49-46-43-40-24-21-18-15-12-9-6-3)72-66(69)60-57-54-51-48-45-42-38-28-26-23-20-17-14-11-8-5-2/h7,10,16,19,25,27,30-31,33-34,63H,4-6,8-9,11-15,17-18,20-24,26,28-29,32,35-62H2,1-3H3/b10-7-,19-16-,27-25-,31-30-,34-33-. The van der Waals surface area contributed by atoms with Crippen LogP contribution in [0.1, 0.15) is 323 Å². The average Bonchev–Trinajstić information content (AvgIpc) is 3.38. The van der Waals surface area contributed by atoms with Crippen molar-refractivity contribution in [2.75, 3.05) is 13.2 Å². The van der Waals surface area contributed by atoms with Crippen molar-refractivity contribution >= 4 is 17.9 Å². The van der Waals surface area contributed by atoms with Gasteiger partial charge in [0.2, 0.25) is 0 Å². The third-order valence-corrected chi connectivity index (χ3v) is 13.8. The zero-order valence-electron chi connectivity index (χ0n) is 47.9. The molecule has 6 heteroatoms. The molecule has 1 unspecified atom stereocenters. The number of allylic oxidation sites excluding steroid dienone is 10. The van der Waals surface area contributed by atoms with Crippen LogP contribution in [0.4, 0.5) is 0 Å². The van der Waals surface area contributed by atoms with Gasteiger partial charge in [0.05, 0.1) is 0 Å². The monoisotopic (exact) mass is 1010 g/mol. The normalized spacial score (nSPS) is 12.4. The van der Waals surface area contributed by atoms with Crippen LogP contribution in [0.2, 0.25) is 0 Å². The Kier molecular flexibility index (Phi) is 58.2. The molecule has 1 atom stereocenters. The quantitative estimate of drug-likeness (QED) is 0.0261. The first-order chi connectivity index (χ1) is 35.5. The Balaban J connectivity index is 4.29. The van der Waals surface area contributed by atoms with E-state index in [1.54, 1.807) is 0 Å². The molecule has 0 spiro atoms. The highest BCUT2D eigenvalue weighted by Crippen LogP contribution is 2.17. The molecule has 0 bridgehead atoms. The Morgan fingerprint density at radius 3 is 0.847 bits per heavy atom. The Morgan fingerprint density at radius 2 is 0.542 bits per heavy atom. The van der Waals surface area contributed by atoms with Crippen LogP contribution in [0, 0.1) is 0 Å². The van der Waals surface area contributed by atoms with E-state index >= 15 is 0 Å². The predicted octanol–water partition coefficient (Wildman–Crippen LogP) is 21.2. The zero-order valence-corrected chi connectivity index (χ0v) is 47.9. The summed E-state index contributed by atoms with van der Waals surface area (Å²) in [7, 11) is 0. The fourth-order valence-electron chi connectivity index (χ4n) is 9.12. The summed E-state index contributed by atoms with van der Waals surface area (Å²) in [5.41, 5.74) is 0. The van der Waals surface area contributed by atoms with Gasteiger partial charge in [-0.2, -0.15) is 0 Å². The van der Waals surface area contributed by atoms with Gasteiger partial charge in [0.15, 0.2) is 6.10 Å². The Labute approximate surface area is 447 Å². The molecule has 0 heterocycles. The van der Waals surface area contributed by atoms with Gasteiger partial charge in [-0.05, 0) is 64.2 Å². The smallest absolute Gasteiger partial charge is 0.306 e. The maximum absolute atomic E-state index is 12.9. The lowest BCUT2D eigenvalue weighted by Gasteiger charge is -2.18. The molecule has 418 valence electrons. The maximum atomic E-state index is 12.9. The van der Waals surface area contributed by atoms with Crippen LogP contribution >= 0.6 is 0 Å². The molecule has 0 aliphatic carbocycles. The number of esters is 3. The molecule has 0 rings (SSSR count). The van der Waals surface area contributed by atoms with E-state index in [-0.39, 0.29) is 31.1 Å². The van der Waals surface area contributed by atoms with Gasteiger partial charge in [0.25, 0.3) is 0 Å². The summed E-state index contributed by atoms with van der Waals surface area (Å²) >= 11 is 0. The van der Waals surface area contributed by atoms with E-state index in [2.05, 4.69) is 81.5 Å². The van der Waals surface area contributed by atoms with E-state index in [4.69, 9.17) is 14.2 Å². The van der Waals surface area contributed by atoms with Crippen molar-refractivity contribution in [3.8, 4) is 0 Å². The van der Waals surface area contributed by atoms with Crippen LogP contribution in [0.15, 0.2) is 60.8 Å². The largest absolute Gasteiger partial charge is 0.462 e. The van der Waals surface area contributed by atoms with Crippen molar-refractivity contribution in [1.29, 1.82) is 0 Å². The molecule has 0 saturated carbocycles. The van der Waals surface area contributed by atoms with Crippen LogP contribution < -0.4 is 0 Å². The number of carbonyl (C=O) groups is 3. The molecule has 6 nitrogen and oxygen atoms in total. The Morgan fingerprint density at radius 1 is 0.292 bits per heavy atom. The molecule has 0 radical (unpaired) electrons. The van der Waals surface area contributed by atoms with Crippen molar-refractivity contribution in [3.05, 3.63) is 60.8 Å². The van der Waals surface area contributed by atoms with Crippen LogP contribution in [0.3, 0.4) is 0 Å². The molecule has 0 saturated heterocycles. The molecule has 0 aromatic carbocycles. The highest BCUT2D eigenvalue weighted by atomic mass is 16.6. The minimum Gasteiger partial charge on any atom is -0.462 e. The van der Waals surface area contributed by atoms with Gasteiger partial charge in [-0.15, -0.1) is 0 Å². The number of hydrogen-bond donors (Lipinski definition) is 0. The first-order valence-corrected chi connectivity index (χ1v) is 31.3. The number of ether oxygens (including phenoxy) is 3. The van der Waals surface area contributed by atoms with E-state index in [1.807, 2.05) is 0 Å². The second kappa shape index (κ2) is 60.7. The Hall–Kier alpha value is -2.89. The highest BCUT2D eigenvalue weighted by molar-refractivity contribution is 5.71. The third kappa shape index (κ3) is 58.0. The topological polar surface area (TPSA) is 78.9 Å². The van der Waals surface area contributed by atoms with E-state index in [0.717, 1.165) is 96.3 Å². The van der Waals surface area contributed by atoms with Gasteiger partial charge < -0.3 is 14.2 Å². The molecule has 0 aliphatic heterocycles. The Bertz CT molecular complexity index is 1290. The van der Waals surface area contributed by atoms with Crippen LogP contribution in [0.25, 0.3) is 0 Å². The minimum atomic E-state index is -0.773. The van der Waals surface area contributed by atoms with Gasteiger partial charge in [0, 0.05) is 19.3 Å². The number of carbonyl (C=O) groups excluding carboxylic acids is 3. The van der Waals surface area contributed by atoms with E-state index in [1.165, 1.54) is 186 Å². The molecular weight excluding hydrogens is 889 g/mol. The summed E-state index contributed by atoms with van der Waals surface area (Å²) in [6.07, 6.45) is 76.5. The lowest BCUT2D eigenvalue weighted by atomic mass is 10.0. The average molecular weight is 1010 g/mol.